The van der Waals surface area contributed by atoms with Crippen LogP contribution in [-0.4, -0.2) is 35.4 Å². The van der Waals surface area contributed by atoms with Crippen LogP contribution >= 0.6 is 11.8 Å². The lowest BCUT2D eigenvalue weighted by Gasteiger charge is -2.15. The van der Waals surface area contributed by atoms with Gasteiger partial charge in [0, 0.05) is 18.1 Å². The zero-order valence-electron chi connectivity index (χ0n) is 7.12. The average molecular weight is 176 g/mol. The Hall–Kier alpha value is 0.270. The molecule has 0 bridgehead atoms. The highest BCUT2D eigenvalue weighted by Gasteiger charge is 2.26. The molecule has 0 aromatic carbocycles. The zero-order valence-corrected chi connectivity index (χ0v) is 7.93. The van der Waals surface area contributed by atoms with Crippen LogP contribution in [0.4, 0.5) is 0 Å². The minimum absolute atomic E-state index is 0.0856. The van der Waals surface area contributed by atoms with Crippen LogP contribution in [0.15, 0.2) is 0 Å². The van der Waals surface area contributed by atoms with E-state index in [0.717, 1.165) is 18.1 Å². The molecule has 2 unspecified atom stereocenters. The van der Waals surface area contributed by atoms with Crippen molar-refractivity contribution in [3.63, 3.8) is 0 Å². The maximum Gasteiger partial charge on any atom is 0.0932 e. The maximum atomic E-state index is 9.36. The van der Waals surface area contributed by atoms with E-state index in [2.05, 4.69) is 13.8 Å². The molecule has 0 spiro atoms. The van der Waals surface area contributed by atoms with Crippen LogP contribution in [0.3, 0.4) is 0 Å². The van der Waals surface area contributed by atoms with Gasteiger partial charge in [0.2, 0.25) is 0 Å². The average Bonchev–Trinajstić information content (AvgIpc) is 2.31. The fourth-order valence-corrected chi connectivity index (χ4v) is 2.14. The van der Waals surface area contributed by atoms with Crippen LogP contribution in [0.25, 0.3) is 0 Å². The highest BCUT2D eigenvalue weighted by atomic mass is 32.2. The first-order chi connectivity index (χ1) is 5.20. The molecule has 1 heterocycles. The van der Waals surface area contributed by atoms with Gasteiger partial charge in [-0.15, -0.1) is 0 Å². The fourth-order valence-electron chi connectivity index (χ4n) is 0.999. The predicted octanol–water partition coefficient (Wildman–Crippen LogP) is 1.14. The first-order valence-electron chi connectivity index (χ1n) is 4.07. The highest BCUT2D eigenvalue weighted by molar-refractivity contribution is 7.99. The molecule has 0 aliphatic carbocycles. The summed E-state index contributed by atoms with van der Waals surface area (Å²) < 4.78 is 5.51. The molecule has 2 nitrogen and oxygen atoms in total. The molecular formula is C8H16O2S. The quantitative estimate of drug-likeness (QED) is 0.699. The van der Waals surface area contributed by atoms with Crippen molar-refractivity contribution in [2.75, 3.05) is 18.1 Å². The first kappa shape index (κ1) is 9.36. The van der Waals surface area contributed by atoms with E-state index in [4.69, 9.17) is 4.74 Å². The Morgan fingerprint density at radius 1 is 1.55 bits per heavy atom. The van der Waals surface area contributed by atoms with Gasteiger partial charge in [0.05, 0.1) is 12.2 Å². The molecular weight excluding hydrogens is 160 g/mol. The van der Waals surface area contributed by atoms with Crippen molar-refractivity contribution >= 4 is 11.8 Å². The number of thioether (sulfide) groups is 1. The monoisotopic (exact) mass is 176 g/mol. The molecule has 3 heteroatoms. The lowest BCUT2D eigenvalue weighted by molar-refractivity contribution is -0.0179. The standard InChI is InChI=1S/C8H16O2S/c1-6(2)3-10-8-5-11-4-7(8)9/h6-9H,3-5H2,1-2H3. The van der Waals surface area contributed by atoms with E-state index in [9.17, 15) is 5.11 Å². The zero-order chi connectivity index (χ0) is 8.27. The molecule has 0 saturated carbocycles. The van der Waals surface area contributed by atoms with Gasteiger partial charge in [-0.3, -0.25) is 0 Å². The van der Waals surface area contributed by atoms with Crippen molar-refractivity contribution in [2.45, 2.75) is 26.1 Å². The van der Waals surface area contributed by atoms with Gasteiger partial charge in [-0.25, -0.2) is 0 Å². The molecule has 1 saturated heterocycles. The van der Waals surface area contributed by atoms with Crippen LogP contribution in [0.2, 0.25) is 0 Å². The Labute approximate surface area is 72.3 Å². The van der Waals surface area contributed by atoms with E-state index < -0.39 is 0 Å². The fraction of sp³-hybridized carbons (Fsp3) is 1.00. The minimum atomic E-state index is -0.237. The van der Waals surface area contributed by atoms with Crippen LogP contribution in [0.1, 0.15) is 13.8 Å². The molecule has 0 radical (unpaired) electrons. The number of aliphatic hydroxyl groups excluding tert-OH is 1. The van der Waals surface area contributed by atoms with Gasteiger partial charge < -0.3 is 9.84 Å². The molecule has 2 atom stereocenters. The van der Waals surface area contributed by atoms with Crippen molar-refractivity contribution in [1.82, 2.24) is 0 Å². The summed E-state index contributed by atoms with van der Waals surface area (Å²) in [4.78, 5) is 0. The van der Waals surface area contributed by atoms with Crippen molar-refractivity contribution < 1.29 is 9.84 Å². The number of aliphatic hydroxyl groups is 1. The molecule has 1 aliphatic rings. The molecule has 0 aromatic rings. The normalized spacial score (nSPS) is 31.6. The topological polar surface area (TPSA) is 29.5 Å². The summed E-state index contributed by atoms with van der Waals surface area (Å²) in [6.07, 6.45) is -0.152. The van der Waals surface area contributed by atoms with Gasteiger partial charge in [0.15, 0.2) is 0 Å². The summed E-state index contributed by atoms with van der Waals surface area (Å²) in [5.74, 6) is 2.35. The second kappa shape index (κ2) is 4.33. The summed E-state index contributed by atoms with van der Waals surface area (Å²) >= 11 is 1.77. The van der Waals surface area contributed by atoms with E-state index in [-0.39, 0.29) is 12.2 Å². The van der Waals surface area contributed by atoms with E-state index in [0.29, 0.717) is 5.92 Å². The molecule has 1 aliphatic heterocycles. The van der Waals surface area contributed by atoms with Crippen LogP contribution in [0, 0.1) is 5.92 Å². The summed E-state index contributed by atoms with van der Waals surface area (Å²) in [5.41, 5.74) is 0. The third-order valence-electron chi connectivity index (χ3n) is 1.64. The second-order valence-corrected chi connectivity index (χ2v) is 4.45. The van der Waals surface area contributed by atoms with Gasteiger partial charge in [0.25, 0.3) is 0 Å². The second-order valence-electron chi connectivity index (χ2n) is 3.37. The predicted molar refractivity (Wildman–Crippen MR) is 47.9 cm³/mol. The number of hydrogen-bond donors (Lipinski definition) is 1. The van der Waals surface area contributed by atoms with Crippen molar-refractivity contribution in [2.24, 2.45) is 5.92 Å². The van der Waals surface area contributed by atoms with Gasteiger partial charge >= 0.3 is 0 Å². The summed E-state index contributed by atoms with van der Waals surface area (Å²) in [5, 5.41) is 9.36. The molecule has 1 fully saturated rings. The van der Waals surface area contributed by atoms with Crippen molar-refractivity contribution in [3.05, 3.63) is 0 Å². The van der Waals surface area contributed by atoms with Gasteiger partial charge in [-0.2, -0.15) is 11.8 Å². The highest BCUT2D eigenvalue weighted by Crippen LogP contribution is 2.21. The third-order valence-corrected chi connectivity index (χ3v) is 2.78. The van der Waals surface area contributed by atoms with Crippen LogP contribution in [0.5, 0.6) is 0 Å². The molecule has 1 N–H and O–H groups in total. The number of ether oxygens (including phenoxy) is 1. The Balaban J connectivity index is 2.15. The van der Waals surface area contributed by atoms with E-state index in [1.165, 1.54) is 0 Å². The molecule has 1 rings (SSSR count). The Kier molecular flexibility index (Phi) is 3.69. The van der Waals surface area contributed by atoms with Gasteiger partial charge in [-0.05, 0) is 5.92 Å². The largest absolute Gasteiger partial charge is 0.390 e. The van der Waals surface area contributed by atoms with Gasteiger partial charge in [-0.1, -0.05) is 13.8 Å². The molecule has 66 valence electrons. The van der Waals surface area contributed by atoms with E-state index in [1.807, 2.05) is 0 Å². The lowest BCUT2D eigenvalue weighted by Crippen LogP contribution is -2.28. The summed E-state index contributed by atoms with van der Waals surface area (Å²) in [7, 11) is 0. The molecule has 0 amide bonds. The molecule has 0 aromatic heterocycles. The number of hydrogen-bond acceptors (Lipinski definition) is 3. The first-order valence-corrected chi connectivity index (χ1v) is 5.23. The third kappa shape index (κ3) is 3.01. The van der Waals surface area contributed by atoms with Crippen LogP contribution < -0.4 is 0 Å². The minimum Gasteiger partial charge on any atom is -0.390 e. The Morgan fingerprint density at radius 2 is 2.27 bits per heavy atom. The van der Waals surface area contributed by atoms with E-state index >= 15 is 0 Å². The smallest absolute Gasteiger partial charge is 0.0932 e. The Bertz CT molecular complexity index is 117. The van der Waals surface area contributed by atoms with Crippen LogP contribution in [-0.2, 0) is 4.74 Å². The van der Waals surface area contributed by atoms with Crippen molar-refractivity contribution in [3.8, 4) is 0 Å². The molecule has 11 heavy (non-hydrogen) atoms. The summed E-state index contributed by atoms with van der Waals surface area (Å²) in [6.45, 7) is 5.01. The maximum absolute atomic E-state index is 9.36. The summed E-state index contributed by atoms with van der Waals surface area (Å²) in [6, 6.07) is 0. The van der Waals surface area contributed by atoms with Gasteiger partial charge in [0.1, 0.15) is 0 Å². The lowest BCUT2D eigenvalue weighted by atomic mass is 10.2. The van der Waals surface area contributed by atoms with E-state index in [1.54, 1.807) is 11.8 Å². The number of rotatable bonds is 3. The SMILES string of the molecule is CC(C)COC1CSCC1O. The van der Waals surface area contributed by atoms with Crippen molar-refractivity contribution in [1.29, 1.82) is 0 Å². The Morgan fingerprint density at radius 3 is 2.73 bits per heavy atom.